The first-order valence-electron chi connectivity index (χ1n) is 7.75. The second kappa shape index (κ2) is 5.76. The molecule has 0 saturated heterocycles. The van der Waals surface area contributed by atoms with Gasteiger partial charge in [-0.3, -0.25) is 14.9 Å². The maximum atomic E-state index is 12.3. The second-order valence-corrected chi connectivity index (χ2v) is 5.74. The molecule has 8 nitrogen and oxygen atoms in total. The number of carbonyl (C=O) groups is 3. The quantitative estimate of drug-likeness (QED) is 0.638. The Bertz CT molecular complexity index is 968. The highest BCUT2D eigenvalue weighted by molar-refractivity contribution is 6.21. The van der Waals surface area contributed by atoms with Gasteiger partial charge in [0.15, 0.2) is 11.5 Å². The number of cyclic esters (lactones) is 1. The van der Waals surface area contributed by atoms with Gasteiger partial charge in [-0.15, -0.1) is 0 Å². The van der Waals surface area contributed by atoms with Gasteiger partial charge in [-0.05, 0) is 30.3 Å². The Morgan fingerprint density at radius 3 is 2.50 bits per heavy atom. The molecule has 0 aromatic heterocycles. The van der Waals surface area contributed by atoms with Crippen molar-refractivity contribution >= 4 is 23.5 Å². The third kappa shape index (κ3) is 2.26. The van der Waals surface area contributed by atoms with E-state index in [4.69, 9.17) is 14.2 Å². The molecule has 2 aromatic rings. The molecule has 26 heavy (non-hydrogen) atoms. The Labute approximate surface area is 148 Å². The lowest BCUT2D eigenvalue weighted by atomic mass is 10.1. The average Bonchev–Trinajstić information content (AvgIpc) is 3.10. The predicted molar refractivity (Wildman–Crippen MR) is 89.6 cm³/mol. The molecule has 8 heteroatoms. The molecule has 0 bridgehead atoms. The number of ether oxygens (including phenoxy) is 3. The van der Waals surface area contributed by atoms with Crippen molar-refractivity contribution in [1.82, 2.24) is 5.32 Å². The van der Waals surface area contributed by atoms with E-state index in [1.165, 1.54) is 14.2 Å². The fourth-order valence-corrected chi connectivity index (χ4v) is 3.12. The summed E-state index contributed by atoms with van der Waals surface area (Å²) in [6, 6.07) is 8.13. The molecule has 2 aromatic carbocycles. The number of imide groups is 1. The van der Waals surface area contributed by atoms with Crippen LogP contribution in [0.25, 0.3) is 0 Å². The van der Waals surface area contributed by atoms with Gasteiger partial charge >= 0.3 is 5.97 Å². The lowest BCUT2D eigenvalue weighted by molar-refractivity contribution is 0.0434. The first-order valence-corrected chi connectivity index (χ1v) is 7.75. The van der Waals surface area contributed by atoms with Crippen molar-refractivity contribution in [3.05, 3.63) is 52.6 Å². The van der Waals surface area contributed by atoms with E-state index in [2.05, 4.69) is 10.6 Å². The number of anilines is 1. The van der Waals surface area contributed by atoms with Crippen LogP contribution in [0.4, 0.5) is 5.69 Å². The Morgan fingerprint density at radius 2 is 1.77 bits per heavy atom. The molecule has 2 heterocycles. The Balaban J connectivity index is 1.69. The summed E-state index contributed by atoms with van der Waals surface area (Å²) in [6.07, 6.45) is -0.754. The van der Waals surface area contributed by atoms with E-state index in [0.29, 0.717) is 33.9 Å². The average molecular weight is 354 g/mol. The molecule has 2 aliphatic rings. The van der Waals surface area contributed by atoms with Crippen molar-refractivity contribution in [1.29, 1.82) is 0 Å². The van der Waals surface area contributed by atoms with Crippen LogP contribution in [0.1, 0.15) is 42.9 Å². The smallest absolute Gasteiger partial charge is 0.344 e. The minimum Gasteiger partial charge on any atom is -0.493 e. The molecule has 4 rings (SSSR count). The third-order valence-corrected chi connectivity index (χ3v) is 4.32. The number of hydrogen-bond acceptors (Lipinski definition) is 7. The third-order valence-electron chi connectivity index (χ3n) is 4.32. The molecule has 0 saturated carbocycles. The number of nitrogens with one attached hydrogen (secondary N) is 2. The van der Waals surface area contributed by atoms with Gasteiger partial charge in [0.25, 0.3) is 11.8 Å². The lowest BCUT2D eigenvalue weighted by Gasteiger charge is -2.15. The monoisotopic (exact) mass is 354 g/mol. The summed E-state index contributed by atoms with van der Waals surface area (Å²) in [7, 11) is 2.93. The summed E-state index contributed by atoms with van der Waals surface area (Å²) in [5.74, 6) is -0.688. The second-order valence-electron chi connectivity index (χ2n) is 5.74. The lowest BCUT2D eigenvalue weighted by Crippen LogP contribution is -2.19. The van der Waals surface area contributed by atoms with Gasteiger partial charge in [0.1, 0.15) is 5.56 Å². The number of methoxy groups -OCH3 is 2. The summed E-state index contributed by atoms with van der Waals surface area (Å²) in [6.45, 7) is 0. The molecule has 1 atom stereocenters. The largest absolute Gasteiger partial charge is 0.493 e. The zero-order valence-corrected chi connectivity index (χ0v) is 13.9. The number of hydrogen-bond donors (Lipinski definition) is 2. The van der Waals surface area contributed by atoms with Gasteiger partial charge in [0.2, 0.25) is 6.23 Å². The van der Waals surface area contributed by atoms with Crippen molar-refractivity contribution in [3.8, 4) is 11.5 Å². The molecule has 0 radical (unpaired) electrons. The molecular weight excluding hydrogens is 340 g/mol. The maximum Gasteiger partial charge on any atom is 0.344 e. The number of benzene rings is 2. The van der Waals surface area contributed by atoms with E-state index in [1.54, 1.807) is 30.3 Å². The van der Waals surface area contributed by atoms with E-state index in [1.807, 2.05) is 0 Å². The SMILES string of the molecule is COc1ccc2c(c1OC)C(=O)OC2Nc1ccc2c(c1)C(=O)NC2=O. The summed E-state index contributed by atoms with van der Waals surface area (Å²) < 4.78 is 15.9. The summed E-state index contributed by atoms with van der Waals surface area (Å²) in [4.78, 5) is 35.7. The summed E-state index contributed by atoms with van der Waals surface area (Å²) in [5.41, 5.74) is 2.01. The Morgan fingerprint density at radius 1 is 1.00 bits per heavy atom. The zero-order valence-electron chi connectivity index (χ0n) is 13.9. The first-order chi connectivity index (χ1) is 12.5. The van der Waals surface area contributed by atoms with Gasteiger partial charge in [-0.2, -0.15) is 0 Å². The van der Waals surface area contributed by atoms with Crippen LogP contribution < -0.4 is 20.1 Å². The van der Waals surface area contributed by atoms with Crippen molar-refractivity contribution < 1.29 is 28.6 Å². The highest BCUT2D eigenvalue weighted by Crippen LogP contribution is 2.42. The number of carbonyl (C=O) groups excluding carboxylic acids is 3. The van der Waals surface area contributed by atoms with E-state index >= 15 is 0 Å². The van der Waals surface area contributed by atoms with Crippen molar-refractivity contribution in [2.24, 2.45) is 0 Å². The van der Waals surface area contributed by atoms with E-state index in [9.17, 15) is 14.4 Å². The van der Waals surface area contributed by atoms with Gasteiger partial charge in [-0.25, -0.2) is 4.79 Å². The Hall–Kier alpha value is -3.55. The van der Waals surface area contributed by atoms with Gasteiger partial charge < -0.3 is 19.5 Å². The van der Waals surface area contributed by atoms with E-state index in [-0.39, 0.29) is 5.56 Å². The zero-order chi connectivity index (χ0) is 18.4. The van der Waals surface area contributed by atoms with Crippen LogP contribution >= 0.6 is 0 Å². The molecule has 1 unspecified atom stereocenters. The van der Waals surface area contributed by atoms with Crippen LogP contribution in [-0.4, -0.2) is 32.0 Å². The first kappa shape index (κ1) is 15.9. The molecule has 132 valence electrons. The van der Waals surface area contributed by atoms with Gasteiger partial charge in [-0.1, -0.05) is 0 Å². The van der Waals surface area contributed by atoms with Crippen LogP contribution in [0.15, 0.2) is 30.3 Å². The minimum atomic E-state index is -0.754. The van der Waals surface area contributed by atoms with Crippen molar-refractivity contribution in [3.63, 3.8) is 0 Å². The number of rotatable bonds is 4. The van der Waals surface area contributed by atoms with E-state index < -0.39 is 24.0 Å². The number of fused-ring (bicyclic) bond motifs is 2. The molecule has 0 fully saturated rings. The summed E-state index contributed by atoms with van der Waals surface area (Å²) in [5, 5.41) is 5.28. The number of amides is 2. The highest BCUT2D eigenvalue weighted by atomic mass is 16.6. The van der Waals surface area contributed by atoms with Crippen molar-refractivity contribution in [2.75, 3.05) is 19.5 Å². The van der Waals surface area contributed by atoms with Crippen LogP contribution in [0.5, 0.6) is 11.5 Å². The van der Waals surface area contributed by atoms with Crippen LogP contribution in [-0.2, 0) is 4.74 Å². The fraction of sp³-hybridized carbons (Fsp3) is 0.167. The van der Waals surface area contributed by atoms with Crippen molar-refractivity contribution in [2.45, 2.75) is 6.23 Å². The molecular formula is C18H14N2O6. The van der Waals surface area contributed by atoms with Gasteiger partial charge in [0, 0.05) is 11.3 Å². The molecule has 0 aliphatic carbocycles. The maximum absolute atomic E-state index is 12.3. The number of esters is 1. The van der Waals surface area contributed by atoms with Crippen LogP contribution in [0.2, 0.25) is 0 Å². The van der Waals surface area contributed by atoms with Gasteiger partial charge in [0.05, 0.1) is 25.3 Å². The normalized spacial score (nSPS) is 17.3. The summed E-state index contributed by atoms with van der Waals surface area (Å²) >= 11 is 0. The standard InChI is InChI=1S/C18H14N2O6/c1-24-12-6-5-10-13(14(12)25-2)18(23)26-17(10)19-8-3-4-9-11(7-8)16(22)20-15(9)21/h3-7,17,19H,1-2H3,(H,20,21,22). The van der Waals surface area contributed by atoms with Crippen LogP contribution in [0.3, 0.4) is 0 Å². The van der Waals surface area contributed by atoms with E-state index in [0.717, 1.165) is 0 Å². The molecule has 0 spiro atoms. The minimum absolute atomic E-state index is 0.275. The molecule has 2 amide bonds. The Kier molecular flexibility index (Phi) is 3.54. The predicted octanol–water partition coefficient (Wildman–Crippen LogP) is 1.87. The highest BCUT2D eigenvalue weighted by Gasteiger charge is 2.36. The fourth-order valence-electron chi connectivity index (χ4n) is 3.12. The molecule has 2 aliphatic heterocycles. The molecule has 2 N–H and O–H groups in total. The topological polar surface area (TPSA) is 103 Å². The van der Waals surface area contributed by atoms with Crippen LogP contribution in [0, 0.1) is 0 Å².